The zero-order chi connectivity index (χ0) is 15.6. The second-order valence-electron chi connectivity index (χ2n) is 3.42. The molecule has 0 fully saturated rings. The molecular weight excluding hydrogens is 264 g/mol. The van der Waals surface area contributed by atoms with Gasteiger partial charge in [0.2, 0.25) is 0 Å². The Labute approximate surface area is 107 Å². The highest BCUT2D eigenvalue weighted by atomic mass is 16.4. The number of nitrogens with two attached hydrogens (primary N) is 2. The number of carboxylic acid groups (broad SMARTS) is 4. The number of carboxylic acids is 4. The minimum absolute atomic E-state index is 0.0231. The topological polar surface area (TPSA) is 201 Å². The summed E-state index contributed by atoms with van der Waals surface area (Å²) in [4.78, 5) is 39.5. The maximum atomic E-state index is 9.99. The summed E-state index contributed by atoms with van der Waals surface area (Å²) in [6.07, 6.45) is -0.756. The fourth-order valence-corrected chi connectivity index (χ4v) is 0.678. The third-order valence-electron chi connectivity index (χ3n) is 1.70. The van der Waals surface area contributed by atoms with Crippen molar-refractivity contribution >= 4 is 23.9 Å². The van der Waals surface area contributed by atoms with Gasteiger partial charge < -0.3 is 31.9 Å². The first-order valence-electron chi connectivity index (χ1n) is 4.98. The SMILES string of the molecule is NC(CC(=O)O)C(=O)O.NC(CCC(=O)O)C(=O)O. The summed E-state index contributed by atoms with van der Waals surface area (Å²) in [7, 11) is 0. The van der Waals surface area contributed by atoms with Gasteiger partial charge in [-0.15, -0.1) is 0 Å². The van der Waals surface area contributed by atoms with Crippen molar-refractivity contribution in [1.29, 1.82) is 0 Å². The Hall–Kier alpha value is -2.20. The zero-order valence-corrected chi connectivity index (χ0v) is 9.85. The Balaban J connectivity index is 0. The number of rotatable bonds is 7. The summed E-state index contributed by atoms with van der Waals surface area (Å²) in [5.74, 6) is -4.69. The maximum absolute atomic E-state index is 9.99. The van der Waals surface area contributed by atoms with Crippen LogP contribution in [0.5, 0.6) is 0 Å². The summed E-state index contributed by atoms with van der Waals surface area (Å²) < 4.78 is 0. The molecule has 0 aromatic heterocycles. The number of hydrogen-bond donors (Lipinski definition) is 6. The van der Waals surface area contributed by atoms with E-state index in [4.69, 9.17) is 31.9 Å². The average molecular weight is 280 g/mol. The lowest BCUT2D eigenvalue weighted by Crippen LogP contribution is -2.32. The van der Waals surface area contributed by atoms with Gasteiger partial charge in [0, 0.05) is 6.42 Å². The van der Waals surface area contributed by atoms with Crippen molar-refractivity contribution in [3.63, 3.8) is 0 Å². The highest BCUT2D eigenvalue weighted by molar-refractivity contribution is 5.80. The highest BCUT2D eigenvalue weighted by Gasteiger charge is 2.14. The molecule has 0 saturated heterocycles. The van der Waals surface area contributed by atoms with E-state index in [1.807, 2.05) is 0 Å². The number of carbonyl (C=O) groups is 4. The molecule has 110 valence electrons. The Morgan fingerprint density at radius 1 is 0.789 bits per heavy atom. The molecule has 0 heterocycles. The molecule has 0 amide bonds. The van der Waals surface area contributed by atoms with Crippen LogP contribution in [-0.2, 0) is 19.2 Å². The van der Waals surface area contributed by atoms with Gasteiger partial charge in [0.1, 0.15) is 12.1 Å². The summed E-state index contributed by atoms with van der Waals surface area (Å²) in [5, 5.41) is 32.3. The zero-order valence-electron chi connectivity index (χ0n) is 9.85. The average Bonchev–Trinajstić information content (AvgIpc) is 2.25. The fraction of sp³-hybridized carbons (Fsp3) is 0.556. The monoisotopic (exact) mass is 280 g/mol. The molecule has 0 radical (unpaired) electrons. The van der Waals surface area contributed by atoms with Gasteiger partial charge in [-0.05, 0) is 6.42 Å². The normalized spacial score (nSPS) is 12.5. The molecule has 10 heteroatoms. The Morgan fingerprint density at radius 2 is 1.21 bits per heavy atom. The first-order chi connectivity index (χ1) is 8.57. The molecule has 0 aromatic carbocycles. The standard InChI is InChI=1S/C5H9NO4.C4H7NO4/c6-3(5(9)10)1-2-4(7)8;5-2(4(8)9)1-3(6)7/h3H,1-2,6H2,(H,7,8)(H,9,10);2H,1,5H2,(H,6,7)(H,8,9). The van der Waals surface area contributed by atoms with Gasteiger partial charge in [0.05, 0.1) is 6.42 Å². The molecule has 10 nitrogen and oxygen atoms in total. The van der Waals surface area contributed by atoms with Crippen molar-refractivity contribution in [3.05, 3.63) is 0 Å². The van der Waals surface area contributed by atoms with Crippen molar-refractivity contribution in [3.8, 4) is 0 Å². The summed E-state index contributed by atoms with van der Waals surface area (Å²) in [6.45, 7) is 0. The number of hydrogen-bond acceptors (Lipinski definition) is 6. The lowest BCUT2D eigenvalue weighted by atomic mass is 10.2. The molecule has 0 aliphatic carbocycles. The minimum atomic E-state index is -1.29. The molecule has 19 heavy (non-hydrogen) atoms. The molecule has 0 bridgehead atoms. The molecule has 0 aromatic rings. The molecule has 0 saturated carbocycles. The Morgan fingerprint density at radius 3 is 1.42 bits per heavy atom. The third-order valence-corrected chi connectivity index (χ3v) is 1.70. The smallest absolute Gasteiger partial charge is 0.321 e. The van der Waals surface area contributed by atoms with Crippen LogP contribution in [0.3, 0.4) is 0 Å². The van der Waals surface area contributed by atoms with Gasteiger partial charge in [-0.2, -0.15) is 0 Å². The van der Waals surface area contributed by atoms with Crippen LogP contribution in [-0.4, -0.2) is 56.4 Å². The van der Waals surface area contributed by atoms with Gasteiger partial charge in [0.15, 0.2) is 0 Å². The van der Waals surface area contributed by atoms with E-state index in [0.717, 1.165) is 0 Å². The minimum Gasteiger partial charge on any atom is -0.481 e. The maximum Gasteiger partial charge on any atom is 0.321 e. The van der Waals surface area contributed by atoms with E-state index in [9.17, 15) is 19.2 Å². The lowest BCUT2D eigenvalue weighted by Gasteiger charge is -2.01. The molecule has 8 N–H and O–H groups in total. The summed E-state index contributed by atoms with van der Waals surface area (Å²) in [5.41, 5.74) is 9.84. The van der Waals surface area contributed by atoms with Gasteiger partial charge in [0.25, 0.3) is 0 Å². The molecule has 0 rings (SSSR count). The van der Waals surface area contributed by atoms with Crippen LogP contribution in [0.1, 0.15) is 19.3 Å². The van der Waals surface area contributed by atoms with Gasteiger partial charge in [-0.1, -0.05) is 0 Å². The van der Waals surface area contributed by atoms with E-state index in [-0.39, 0.29) is 12.8 Å². The molecule has 0 spiro atoms. The van der Waals surface area contributed by atoms with Crippen LogP contribution in [0.4, 0.5) is 0 Å². The molecule has 0 aliphatic rings. The van der Waals surface area contributed by atoms with E-state index in [1.54, 1.807) is 0 Å². The van der Waals surface area contributed by atoms with Crippen LogP contribution in [0.25, 0.3) is 0 Å². The quantitative estimate of drug-likeness (QED) is 0.307. The second-order valence-corrected chi connectivity index (χ2v) is 3.42. The molecule has 0 aliphatic heterocycles. The fourth-order valence-electron chi connectivity index (χ4n) is 0.678. The van der Waals surface area contributed by atoms with E-state index >= 15 is 0 Å². The predicted octanol–water partition coefficient (Wildman–Crippen LogP) is -1.86. The van der Waals surface area contributed by atoms with Crippen molar-refractivity contribution < 1.29 is 39.6 Å². The van der Waals surface area contributed by atoms with Crippen LogP contribution >= 0.6 is 0 Å². The van der Waals surface area contributed by atoms with Crippen molar-refractivity contribution in [2.75, 3.05) is 0 Å². The third kappa shape index (κ3) is 13.7. The van der Waals surface area contributed by atoms with Crippen molar-refractivity contribution in [2.24, 2.45) is 11.5 Å². The first-order valence-corrected chi connectivity index (χ1v) is 4.98. The van der Waals surface area contributed by atoms with E-state index < -0.39 is 42.4 Å². The summed E-state index contributed by atoms with van der Waals surface area (Å²) in [6, 6.07) is -2.35. The molecule has 2 atom stereocenters. The van der Waals surface area contributed by atoms with E-state index in [1.165, 1.54) is 0 Å². The van der Waals surface area contributed by atoms with Crippen LogP contribution < -0.4 is 11.5 Å². The highest BCUT2D eigenvalue weighted by Crippen LogP contribution is 1.93. The molecular formula is C9H16N2O8. The van der Waals surface area contributed by atoms with Crippen LogP contribution in [0, 0.1) is 0 Å². The molecule has 2 unspecified atom stereocenters. The first kappa shape index (κ1) is 19.1. The van der Waals surface area contributed by atoms with E-state index in [2.05, 4.69) is 0 Å². The van der Waals surface area contributed by atoms with Gasteiger partial charge in [-0.25, -0.2) is 0 Å². The lowest BCUT2D eigenvalue weighted by molar-refractivity contribution is -0.144. The van der Waals surface area contributed by atoms with Crippen molar-refractivity contribution in [2.45, 2.75) is 31.3 Å². The largest absolute Gasteiger partial charge is 0.481 e. The second kappa shape index (κ2) is 9.79. The predicted molar refractivity (Wildman–Crippen MR) is 60.3 cm³/mol. The van der Waals surface area contributed by atoms with Crippen LogP contribution in [0.15, 0.2) is 0 Å². The van der Waals surface area contributed by atoms with E-state index in [0.29, 0.717) is 0 Å². The van der Waals surface area contributed by atoms with Crippen LogP contribution in [0.2, 0.25) is 0 Å². The van der Waals surface area contributed by atoms with Gasteiger partial charge in [-0.3, -0.25) is 19.2 Å². The Kier molecular flexibility index (Phi) is 9.87. The summed E-state index contributed by atoms with van der Waals surface area (Å²) >= 11 is 0. The van der Waals surface area contributed by atoms with Crippen molar-refractivity contribution in [1.82, 2.24) is 0 Å². The Bertz CT molecular complexity index is 343. The number of aliphatic carboxylic acids is 4. The van der Waals surface area contributed by atoms with Gasteiger partial charge >= 0.3 is 23.9 Å².